The summed E-state index contributed by atoms with van der Waals surface area (Å²) in [6.07, 6.45) is 4.19. The van der Waals surface area contributed by atoms with Gasteiger partial charge >= 0.3 is 0 Å². The summed E-state index contributed by atoms with van der Waals surface area (Å²) in [5.74, 6) is 0.254. The molecular weight excluding hydrogens is 442 g/mol. The maximum absolute atomic E-state index is 13.5. The molecule has 35 heavy (non-hydrogen) atoms. The number of aryl methyl sites for hydroxylation is 1. The summed E-state index contributed by atoms with van der Waals surface area (Å²) in [7, 11) is 4.17. The number of carbonyl (C=O) groups is 2. The Labute approximate surface area is 205 Å². The lowest BCUT2D eigenvalue weighted by Crippen LogP contribution is -2.44. The van der Waals surface area contributed by atoms with Crippen LogP contribution in [-0.4, -0.2) is 66.4 Å². The Kier molecular flexibility index (Phi) is 6.06. The van der Waals surface area contributed by atoms with Crippen LogP contribution in [0.5, 0.6) is 5.75 Å². The minimum atomic E-state index is -0.578. The van der Waals surface area contributed by atoms with Crippen molar-refractivity contribution in [1.29, 1.82) is 0 Å². The zero-order valence-electron chi connectivity index (χ0n) is 20.4. The molecule has 0 saturated carbocycles. The van der Waals surface area contributed by atoms with Crippen LogP contribution >= 0.6 is 0 Å². The van der Waals surface area contributed by atoms with Crippen LogP contribution in [0.25, 0.3) is 10.9 Å². The SMILES string of the molecule is Cc1cc(C(=O)N2CCC(N(C)C)CC2)cc2c(Nc3cccc4c3CCO4)c(C(N)=O)cnc12. The van der Waals surface area contributed by atoms with Crippen LogP contribution in [0.3, 0.4) is 0 Å². The van der Waals surface area contributed by atoms with Gasteiger partial charge in [-0.25, -0.2) is 0 Å². The average Bonchev–Trinajstić information content (AvgIpc) is 3.33. The second-order valence-corrected chi connectivity index (χ2v) is 9.59. The van der Waals surface area contributed by atoms with Crippen LogP contribution < -0.4 is 15.8 Å². The molecule has 1 saturated heterocycles. The second-order valence-electron chi connectivity index (χ2n) is 9.59. The monoisotopic (exact) mass is 473 g/mol. The van der Waals surface area contributed by atoms with Crippen molar-refractivity contribution in [3.8, 4) is 5.75 Å². The molecule has 3 N–H and O–H groups in total. The van der Waals surface area contributed by atoms with Gasteiger partial charge in [-0.1, -0.05) is 6.07 Å². The summed E-state index contributed by atoms with van der Waals surface area (Å²) in [6, 6.07) is 10.0. The van der Waals surface area contributed by atoms with E-state index >= 15 is 0 Å². The van der Waals surface area contributed by atoms with E-state index in [0.717, 1.165) is 60.4 Å². The lowest BCUT2D eigenvalue weighted by atomic mass is 9.99. The largest absolute Gasteiger partial charge is 0.493 e. The second kappa shape index (κ2) is 9.19. The van der Waals surface area contributed by atoms with Gasteiger partial charge in [0.1, 0.15) is 5.75 Å². The van der Waals surface area contributed by atoms with Crippen molar-refractivity contribution in [3.63, 3.8) is 0 Å². The molecular formula is C27H31N5O3. The smallest absolute Gasteiger partial charge is 0.253 e. The van der Waals surface area contributed by atoms with Crippen molar-refractivity contribution >= 4 is 34.1 Å². The molecule has 2 aliphatic heterocycles. The number of rotatable bonds is 5. The number of pyridine rings is 1. The van der Waals surface area contributed by atoms with Gasteiger partial charge < -0.3 is 25.6 Å². The zero-order valence-corrected chi connectivity index (χ0v) is 20.4. The molecule has 2 aliphatic rings. The lowest BCUT2D eigenvalue weighted by Gasteiger charge is -2.35. The number of carbonyl (C=O) groups excluding carboxylic acids is 2. The molecule has 0 aliphatic carbocycles. The number of fused-ring (bicyclic) bond motifs is 2. The molecule has 182 valence electrons. The van der Waals surface area contributed by atoms with Gasteiger partial charge in [0.2, 0.25) is 0 Å². The van der Waals surface area contributed by atoms with E-state index in [1.54, 1.807) is 0 Å². The van der Waals surface area contributed by atoms with E-state index in [1.165, 1.54) is 6.20 Å². The Balaban J connectivity index is 1.56. The predicted molar refractivity (Wildman–Crippen MR) is 137 cm³/mol. The van der Waals surface area contributed by atoms with Crippen LogP contribution in [0.1, 0.15) is 44.7 Å². The molecule has 0 radical (unpaired) electrons. The number of hydrogen-bond acceptors (Lipinski definition) is 6. The highest BCUT2D eigenvalue weighted by molar-refractivity contribution is 6.10. The number of nitrogens with one attached hydrogen (secondary N) is 1. The van der Waals surface area contributed by atoms with Crippen LogP contribution in [0.15, 0.2) is 36.5 Å². The van der Waals surface area contributed by atoms with Gasteiger partial charge in [0.05, 0.1) is 23.4 Å². The number of ether oxygens (including phenoxy) is 1. The summed E-state index contributed by atoms with van der Waals surface area (Å²) >= 11 is 0. The molecule has 0 unspecified atom stereocenters. The standard InChI is InChI=1S/C27H31N5O3/c1-16-13-17(27(34)32-10-7-18(8-11-32)31(2)3)14-20-24(16)29-15-21(26(28)33)25(20)30-22-5-4-6-23-19(22)9-12-35-23/h4-6,13-15,18H,7-12H2,1-3H3,(H2,28,33)(H,29,30). The summed E-state index contributed by atoms with van der Waals surface area (Å²) < 4.78 is 5.70. The van der Waals surface area contributed by atoms with Crippen molar-refractivity contribution < 1.29 is 14.3 Å². The number of nitrogens with zero attached hydrogens (tertiary/aromatic N) is 3. The van der Waals surface area contributed by atoms with E-state index in [-0.39, 0.29) is 11.5 Å². The quantitative estimate of drug-likeness (QED) is 0.588. The fourth-order valence-corrected chi connectivity index (χ4v) is 5.17. The molecule has 5 rings (SSSR count). The number of anilines is 2. The Morgan fingerprint density at radius 3 is 2.69 bits per heavy atom. The molecule has 0 spiro atoms. The first kappa shape index (κ1) is 23.1. The summed E-state index contributed by atoms with van der Waals surface area (Å²) in [4.78, 5) is 34.5. The molecule has 1 fully saturated rings. The number of hydrogen-bond donors (Lipinski definition) is 2. The Morgan fingerprint density at radius 2 is 1.97 bits per heavy atom. The highest BCUT2D eigenvalue weighted by Crippen LogP contribution is 2.37. The first-order valence-corrected chi connectivity index (χ1v) is 12.0. The third kappa shape index (κ3) is 4.30. The van der Waals surface area contributed by atoms with Crippen LogP contribution in [0.4, 0.5) is 11.4 Å². The van der Waals surface area contributed by atoms with E-state index < -0.39 is 5.91 Å². The van der Waals surface area contributed by atoms with Crippen molar-refractivity contribution in [1.82, 2.24) is 14.8 Å². The molecule has 2 amide bonds. The maximum atomic E-state index is 13.5. The fraction of sp³-hybridized carbons (Fsp3) is 0.370. The molecule has 8 heteroatoms. The van der Waals surface area contributed by atoms with Gasteiger partial charge in [-0.15, -0.1) is 0 Å². The van der Waals surface area contributed by atoms with Crippen LogP contribution in [0, 0.1) is 6.92 Å². The zero-order chi connectivity index (χ0) is 24.7. The normalized spacial score (nSPS) is 15.8. The van der Waals surface area contributed by atoms with E-state index in [0.29, 0.717) is 29.3 Å². The van der Waals surface area contributed by atoms with Gasteiger partial charge in [-0.2, -0.15) is 0 Å². The molecule has 1 aromatic heterocycles. The number of amides is 2. The number of aromatic nitrogens is 1. The topological polar surface area (TPSA) is 101 Å². The number of likely N-dealkylation sites (tertiary alicyclic amines) is 1. The van der Waals surface area contributed by atoms with Crippen molar-refractivity contribution in [2.75, 3.05) is 39.1 Å². The minimum absolute atomic E-state index is 0.00311. The highest BCUT2D eigenvalue weighted by atomic mass is 16.5. The Morgan fingerprint density at radius 1 is 1.20 bits per heavy atom. The molecule has 0 atom stereocenters. The first-order chi connectivity index (χ1) is 16.8. The molecule has 3 aromatic rings. The van der Waals surface area contributed by atoms with Crippen LogP contribution in [-0.2, 0) is 6.42 Å². The summed E-state index contributed by atoms with van der Waals surface area (Å²) in [5.41, 5.74) is 10.7. The minimum Gasteiger partial charge on any atom is -0.493 e. The molecule has 8 nitrogen and oxygen atoms in total. The molecule has 0 bridgehead atoms. The lowest BCUT2D eigenvalue weighted by molar-refractivity contribution is 0.0663. The predicted octanol–water partition coefficient (Wildman–Crippen LogP) is 3.49. The van der Waals surface area contributed by atoms with Gasteiger partial charge in [0.25, 0.3) is 11.8 Å². The summed E-state index contributed by atoms with van der Waals surface area (Å²) in [5, 5.41) is 4.14. The number of nitrogens with two attached hydrogens (primary N) is 1. The highest BCUT2D eigenvalue weighted by Gasteiger charge is 2.26. The average molecular weight is 474 g/mol. The van der Waals surface area contributed by atoms with Gasteiger partial charge in [0.15, 0.2) is 0 Å². The van der Waals surface area contributed by atoms with Crippen molar-refractivity contribution in [2.45, 2.75) is 32.2 Å². The number of piperidine rings is 1. The van der Waals surface area contributed by atoms with E-state index in [4.69, 9.17) is 10.5 Å². The van der Waals surface area contributed by atoms with Gasteiger partial charge in [-0.3, -0.25) is 14.6 Å². The molecule has 3 heterocycles. The van der Waals surface area contributed by atoms with Crippen LogP contribution in [0.2, 0.25) is 0 Å². The van der Waals surface area contributed by atoms with E-state index in [9.17, 15) is 9.59 Å². The van der Waals surface area contributed by atoms with Crippen molar-refractivity contribution in [2.24, 2.45) is 5.73 Å². The van der Waals surface area contributed by atoms with E-state index in [2.05, 4.69) is 29.3 Å². The first-order valence-electron chi connectivity index (χ1n) is 12.0. The third-order valence-electron chi connectivity index (χ3n) is 7.16. The van der Waals surface area contributed by atoms with Gasteiger partial charge in [-0.05, 0) is 63.7 Å². The summed E-state index contributed by atoms with van der Waals surface area (Å²) in [6.45, 7) is 4.00. The Bertz CT molecular complexity index is 1310. The fourth-order valence-electron chi connectivity index (χ4n) is 5.17. The molecule has 2 aromatic carbocycles. The number of primary amides is 1. The Hall–Kier alpha value is -3.65. The van der Waals surface area contributed by atoms with Gasteiger partial charge in [0, 0.05) is 53.9 Å². The maximum Gasteiger partial charge on any atom is 0.253 e. The van der Waals surface area contributed by atoms with Crippen molar-refractivity contribution in [3.05, 3.63) is 58.8 Å². The third-order valence-corrected chi connectivity index (χ3v) is 7.16. The number of benzene rings is 2. The van der Waals surface area contributed by atoms with E-state index in [1.807, 2.05) is 42.2 Å².